The molecule has 1 atom stereocenters. The lowest BCUT2D eigenvalue weighted by atomic mass is 10.3. The molecule has 20 heavy (non-hydrogen) atoms. The van der Waals surface area contributed by atoms with E-state index in [0.717, 1.165) is 34.0 Å². The van der Waals surface area contributed by atoms with Crippen LogP contribution >= 0.6 is 11.6 Å². The lowest BCUT2D eigenvalue weighted by molar-refractivity contribution is 0.372. The first kappa shape index (κ1) is 13.1. The maximum absolute atomic E-state index is 6.25. The lowest BCUT2D eigenvalue weighted by Crippen LogP contribution is -2.06. The molecule has 0 aliphatic carbocycles. The van der Waals surface area contributed by atoms with Crippen LogP contribution in [0.25, 0.3) is 11.2 Å². The molecule has 0 saturated heterocycles. The van der Waals surface area contributed by atoms with Crippen LogP contribution in [0.2, 0.25) is 0 Å². The van der Waals surface area contributed by atoms with E-state index in [4.69, 9.17) is 16.1 Å². The second-order valence-electron chi connectivity index (χ2n) is 4.91. The van der Waals surface area contributed by atoms with Crippen LogP contribution in [-0.2, 0) is 6.54 Å². The van der Waals surface area contributed by atoms with Crippen molar-refractivity contribution >= 4 is 22.8 Å². The molecule has 3 rings (SSSR count). The molecule has 0 saturated carbocycles. The Bertz CT molecular complexity index is 760. The fourth-order valence-electron chi connectivity index (χ4n) is 2.26. The minimum atomic E-state index is -0.201. The van der Waals surface area contributed by atoms with Crippen molar-refractivity contribution in [2.24, 2.45) is 0 Å². The van der Waals surface area contributed by atoms with Gasteiger partial charge in [-0.2, -0.15) is 0 Å². The van der Waals surface area contributed by atoms with Gasteiger partial charge in [0.15, 0.2) is 11.4 Å². The maximum atomic E-state index is 6.25. The van der Waals surface area contributed by atoms with Gasteiger partial charge in [0.1, 0.15) is 11.3 Å². The molecule has 3 aromatic heterocycles. The minimum Gasteiger partial charge on any atom is -0.359 e. The minimum absolute atomic E-state index is 0.201. The number of aryl methyl sites for hydroxylation is 2. The first-order chi connectivity index (χ1) is 9.56. The zero-order valence-electron chi connectivity index (χ0n) is 11.6. The molecule has 104 valence electrons. The molecule has 0 radical (unpaired) electrons. The van der Waals surface area contributed by atoms with Gasteiger partial charge in [-0.3, -0.25) is 0 Å². The molecule has 3 heterocycles. The second kappa shape index (κ2) is 4.90. The molecular weight excluding hydrogens is 276 g/mol. The molecule has 5 nitrogen and oxygen atoms in total. The molecule has 6 heteroatoms. The average molecular weight is 291 g/mol. The normalized spacial score (nSPS) is 13.0. The Kier molecular flexibility index (Phi) is 3.22. The van der Waals surface area contributed by atoms with E-state index in [2.05, 4.69) is 15.1 Å². The van der Waals surface area contributed by atoms with Gasteiger partial charge >= 0.3 is 0 Å². The number of alkyl halides is 1. The first-order valence-electron chi connectivity index (χ1n) is 6.44. The highest BCUT2D eigenvalue weighted by Gasteiger charge is 2.18. The molecule has 0 spiro atoms. The standard InChI is InChI=1S/C14H15ClN4O/c1-8-4-5-16-14-12(8)17-13(10(3)15)19(14)7-11-6-9(2)18-20-11/h4-6,10H,7H2,1-3H3. The summed E-state index contributed by atoms with van der Waals surface area (Å²) in [4.78, 5) is 9.05. The summed E-state index contributed by atoms with van der Waals surface area (Å²) >= 11 is 6.25. The molecule has 0 N–H and O–H groups in total. The van der Waals surface area contributed by atoms with E-state index in [9.17, 15) is 0 Å². The van der Waals surface area contributed by atoms with E-state index in [1.54, 1.807) is 6.20 Å². The van der Waals surface area contributed by atoms with Gasteiger partial charge in [-0.05, 0) is 32.4 Å². The SMILES string of the molecule is Cc1cc(Cn2c(C(C)Cl)nc3c(C)ccnc32)on1. The smallest absolute Gasteiger partial charge is 0.160 e. The molecule has 0 aliphatic heterocycles. The Hall–Kier alpha value is -1.88. The van der Waals surface area contributed by atoms with Gasteiger partial charge in [0.2, 0.25) is 0 Å². The fourth-order valence-corrected chi connectivity index (χ4v) is 2.43. The van der Waals surface area contributed by atoms with Crippen molar-refractivity contribution in [2.75, 3.05) is 0 Å². The van der Waals surface area contributed by atoms with Gasteiger partial charge in [-0.25, -0.2) is 9.97 Å². The molecule has 3 aromatic rings. The zero-order valence-corrected chi connectivity index (χ0v) is 12.3. The van der Waals surface area contributed by atoms with Crippen molar-refractivity contribution in [3.05, 3.63) is 41.2 Å². The third kappa shape index (κ3) is 2.18. The predicted octanol–water partition coefficient (Wildman–Crippen LogP) is 3.38. The number of halogens is 1. The number of pyridine rings is 1. The van der Waals surface area contributed by atoms with Gasteiger partial charge in [-0.1, -0.05) is 5.16 Å². The van der Waals surface area contributed by atoms with Crippen LogP contribution in [0.15, 0.2) is 22.9 Å². The van der Waals surface area contributed by atoms with E-state index in [1.807, 2.05) is 37.5 Å². The highest BCUT2D eigenvalue weighted by molar-refractivity contribution is 6.20. The second-order valence-corrected chi connectivity index (χ2v) is 5.56. The summed E-state index contributed by atoms with van der Waals surface area (Å²) in [7, 11) is 0. The average Bonchev–Trinajstić information content (AvgIpc) is 2.96. The largest absolute Gasteiger partial charge is 0.359 e. The number of aromatic nitrogens is 4. The highest BCUT2D eigenvalue weighted by atomic mass is 35.5. The topological polar surface area (TPSA) is 56.7 Å². The predicted molar refractivity (Wildman–Crippen MR) is 76.9 cm³/mol. The molecule has 0 amide bonds. The van der Waals surface area contributed by atoms with Gasteiger partial charge in [0.05, 0.1) is 17.6 Å². The highest BCUT2D eigenvalue weighted by Crippen LogP contribution is 2.26. The van der Waals surface area contributed by atoms with E-state index < -0.39 is 0 Å². The first-order valence-corrected chi connectivity index (χ1v) is 6.88. The Morgan fingerprint density at radius 1 is 1.40 bits per heavy atom. The van der Waals surface area contributed by atoms with Gasteiger partial charge in [0.25, 0.3) is 0 Å². The van der Waals surface area contributed by atoms with Crippen molar-refractivity contribution < 1.29 is 4.52 Å². The zero-order chi connectivity index (χ0) is 14.3. The van der Waals surface area contributed by atoms with Crippen LogP contribution in [0.5, 0.6) is 0 Å². The Morgan fingerprint density at radius 3 is 2.85 bits per heavy atom. The molecule has 0 bridgehead atoms. The van der Waals surface area contributed by atoms with Crippen LogP contribution in [0, 0.1) is 13.8 Å². The summed E-state index contributed by atoms with van der Waals surface area (Å²) in [6, 6.07) is 3.85. The van der Waals surface area contributed by atoms with E-state index in [-0.39, 0.29) is 5.38 Å². The van der Waals surface area contributed by atoms with E-state index >= 15 is 0 Å². The number of fused-ring (bicyclic) bond motifs is 1. The Morgan fingerprint density at radius 2 is 2.20 bits per heavy atom. The van der Waals surface area contributed by atoms with Crippen LogP contribution in [-0.4, -0.2) is 19.7 Å². The summed E-state index contributed by atoms with van der Waals surface area (Å²) in [5.41, 5.74) is 3.64. The van der Waals surface area contributed by atoms with Crippen molar-refractivity contribution in [2.45, 2.75) is 32.7 Å². The Labute approximate surface area is 121 Å². The van der Waals surface area contributed by atoms with Crippen LogP contribution in [0.1, 0.15) is 35.1 Å². The van der Waals surface area contributed by atoms with E-state index in [0.29, 0.717) is 6.54 Å². The van der Waals surface area contributed by atoms with Crippen molar-refractivity contribution in [3.63, 3.8) is 0 Å². The van der Waals surface area contributed by atoms with E-state index in [1.165, 1.54) is 0 Å². The summed E-state index contributed by atoms with van der Waals surface area (Å²) in [5, 5.41) is 3.71. The van der Waals surface area contributed by atoms with Crippen molar-refractivity contribution in [1.29, 1.82) is 0 Å². The summed E-state index contributed by atoms with van der Waals surface area (Å²) < 4.78 is 7.27. The number of nitrogens with zero attached hydrogens (tertiary/aromatic N) is 4. The van der Waals surface area contributed by atoms with Crippen LogP contribution < -0.4 is 0 Å². The van der Waals surface area contributed by atoms with Gasteiger partial charge in [-0.15, -0.1) is 11.6 Å². The van der Waals surface area contributed by atoms with Crippen LogP contribution in [0.4, 0.5) is 0 Å². The van der Waals surface area contributed by atoms with Crippen molar-refractivity contribution in [3.8, 4) is 0 Å². The molecule has 0 fully saturated rings. The third-order valence-electron chi connectivity index (χ3n) is 3.21. The molecule has 1 unspecified atom stereocenters. The summed E-state index contributed by atoms with van der Waals surface area (Å²) in [6.07, 6.45) is 1.78. The summed E-state index contributed by atoms with van der Waals surface area (Å²) in [5.74, 6) is 1.56. The maximum Gasteiger partial charge on any atom is 0.160 e. The number of rotatable bonds is 3. The summed E-state index contributed by atoms with van der Waals surface area (Å²) in [6.45, 7) is 6.34. The van der Waals surface area contributed by atoms with Gasteiger partial charge < -0.3 is 9.09 Å². The van der Waals surface area contributed by atoms with Gasteiger partial charge in [0, 0.05) is 12.3 Å². The number of hydrogen-bond donors (Lipinski definition) is 0. The number of imidazole rings is 1. The lowest BCUT2D eigenvalue weighted by Gasteiger charge is -2.07. The third-order valence-corrected chi connectivity index (χ3v) is 3.41. The van der Waals surface area contributed by atoms with Crippen molar-refractivity contribution in [1.82, 2.24) is 19.7 Å². The fraction of sp³-hybridized carbons (Fsp3) is 0.357. The monoisotopic (exact) mass is 290 g/mol. The molecular formula is C14H15ClN4O. The Balaban J connectivity index is 2.16. The number of hydrogen-bond acceptors (Lipinski definition) is 4. The molecule has 0 aromatic carbocycles. The van der Waals surface area contributed by atoms with Crippen LogP contribution in [0.3, 0.4) is 0 Å². The quantitative estimate of drug-likeness (QED) is 0.694. The molecule has 0 aliphatic rings.